The van der Waals surface area contributed by atoms with E-state index in [1.165, 1.54) is 22.7 Å². The average molecular weight is 195 g/mol. The summed E-state index contributed by atoms with van der Waals surface area (Å²) in [6.07, 6.45) is 1.31. The Morgan fingerprint density at radius 2 is 2.08 bits per heavy atom. The summed E-state index contributed by atoms with van der Waals surface area (Å²) in [6, 6.07) is 5.21. The SMILES string of the molecule is CC(C)(C)c1ccc([C@@H]2CCN2)s1. The maximum Gasteiger partial charge on any atom is 0.0427 e. The molecule has 13 heavy (non-hydrogen) atoms. The first kappa shape index (κ1) is 9.22. The second kappa shape index (κ2) is 3.10. The van der Waals surface area contributed by atoms with Gasteiger partial charge in [0.2, 0.25) is 0 Å². The van der Waals surface area contributed by atoms with Crippen molar-refractivity contribution < 1.29 is 0 Å². The molecule has 1 aliphatic rings. The molecule has 1 nitrogen and oxygen atoms in total. The Morgan fingerprint density at radius 3 is 2.46 bits per heavy atom. The summed E-state index contributed by atoms with van der Waals surface area (Å²) in [5.41, 5.74) is 0.312. The minimum absolute atomic E-state index is 0.312. The van der Waals surface area contributed by atoms with Crippen molar-refractivity contribution >= 4 is 11.3 Å². The molecular formula is C11H17NS. The number of hydrogen-bond acceptors (Lipinski definition) is 2. The van der Waals surface area contributed by atoms with Crippen molar-refractivity contribution in [3.8, 4) is 0 Å². The molecule has 0 bridgehead atoms. The van der Waals surface area contributed by atoms with Crippen molar-refractivity contribution in [2.75, 3.05) is 6.54 Å². The molecule has 0 unspecified atom stereocenters. The zero-order valence-corrected chi connectivity index (χ0v) is 9.37. The second-order valence-corrected chi connectivity index (χ2v) is 5.86. The summed E-state index contributed by atoms with van der Waals surface area (Å²) >= 11 is 1.96. The number of rotatable bonds is 1. The lowest BCUT2D eigenvalue weighted by atomic mass is 9.95. The van der Waals surface area contributed by atoms with Crippen LogP contribution < -0.4 is 5.32 Å². The fourth-order valence-electron chi connectivity index (χ4n) is 1.47. The van der Waals surface area contributed by atoms with E-state index in [0.717, 1.165) is 0 Å². The van der Waals surface area contributed by atoms with Crippen LogP contribution in [-0.2, 0) is 5.41 Å². The van der Waals surface area contributed by atoms with Crippen LogP contribution in [-0.4, -0.2) is 6.54 Å². The van der Waals surface area contributed by atoms with E-state index in [4.69, 9.17) is 0 Å². The molecule has 1 atom stereocenters. The topological polar surface area (TPSA) is 12.0 Å². The Hall–Kier alpha value is -0.340. The third kappa shape index (κ3) is 1.79. The van der Waals surface area contributed by atoms with Crippen LogP contribution in [0.3, 0.4) is 0 Å². The Labute approximate surface area is 84.2 Å². The highest BCUT2D eigenvalue weighted by Crippen LogP contribution is 2.34. The van der Waals surface area contributed by atoms with Gasteiger partial charge in [0.15, 0.2) is 0 Å². The predicted octanol–water partition coefficient (Wildman–Crippen LogP) is 3.08. The molecule has 0 radical (unpaired) electrons. The van der Waals surface area contributed by atoms with Gasteiger partial charge in [0.25, 0.3) is 0 Å². The maximum atomic E-state index is 3.44. The van der Waals surface area contributed by atoms with Gasteiger partial charge in [-0.2, -0.15) is 0 Å². The third-order valence-corrected chi connectivity index (χ3v) is 4.16. The van der Waals surface area contributed by atoms with Crippen LogP contribution in [0, 0.1) is 0 Å². The fraction of sp³-hybridized carbons (Fsp3) is 0.636. The van der Waals surface area contributed by atoms with Gasteiger partial charge < -0.3 is 5.32 Å². The molecule has 1 aromatic rings. The van der Waals surface area contributed by atoms with Gasteiger partial charge in [-0.1, -0.05) is 20.8 Å². The molecule has 1 saturated heterocycles. The Bertz CT molecular complexity index is 291. The van der Waals surface area contributed by atoms with Gasteiger partial charge in [-0.25, -0.2) is 0 Å². The van der Waals surface area contributed by atoms with Crippen LogP contribution in [0.4, 0.5) is 0 Å². The van der Waals surface area contributed by atoms with E-state index in [1.807, 2.05) is 11.3 Å². The summed E-state index contributed by atoms with van der Waals surface area (Å²) < 4.78 is 0. The van der Waals surface area contributed by atoms with Gasteiger partial charge in [-0.15, -0.1) is 11.3 Å². The lowest BCUT2D eigenvalue weighted by Crippen LogP contribution is -2.34. The van der Waals surface area contributed by atoms with Crippen LogP contribution in [0.1, 0.15) is 43.0 Å². The molecule has 0 saturated carbocycles. The Balaban J connectivity index is 2.17. The van der Waals surface area contributed by atoms with Crippen molar-refractivity contribution in [1.29, 1.82) is 0 Å². The highest BCUT2D eigenvalue weighted by Gasteiger charge is 2.22. The normalized spacial score (nSPS) is 22.8. The summed E-state index contributed by atoms with van der Waals surface area (Å²) in [5.74, 6) is 0. The maximum absolute atomic E-state index is 3.44. The van der Waals surface area contributed by atoms with Crippen molar-refractivity contribution in [1.82, 2.24) is 5.32 Å². The molecule has 0 aliphatic carbocycles. The van der Waals surface area contributed by atoms with Crippen LogP contribution in [0.2, 0.25) is 0 Å². The highest BCUT2D eigenvalue weighted by molar-refractivity contribution is 7.12. The first-order valence-corrected chi connectivity index (χ1v) is 5.72. The monoisotopic (exact) mass is 195 g/mol. The molecule has 0 amide bonds. The predicted molar refractivity (Wildman–Crippen MR) is 58.4 cm³/mol. The minimum Gasteiger partial charge on any atom is -0.309 e. The molecule has 1 aromatic heterocycles. The van der Waals surface area contributed by atoms with Crippen molar-refractivity contribution in [3.05, 3.63) is 21.9 Å². The lowest BCUT2D eigenvalue weighted by molar-refractivity contribution is 0.389. The fourth-order valence-corrected chi connectivity index (χ4v) is 2.65. The zero-order valence-electron chi connectivity index (χ0n) is 8.55. The molecule has 1 N–H and O–H groups in total. The van der Waals surface area contributed by atoms with Crippen LogP contribution in [0.25, 0.3) is 0 Å². The number of thiophene rings is 1. The summed E-state index contributed by atoms with van der Waals surface area (Å²) in [7, 11) is 0. The van der Waals surface area contributed by atoms with E-state index in [-0.39, 0.29) is 0 Å². The molecule has 2 rings (SSSR count). The lowest BCUT2D eigenvalue weighted by Gasteiger charge is -2.26. The average Bonchev–Trinajstić information content (AvgIpc) is 2.29. The van der Waals surface area contributed by atoms with E-state index in [0.29, 0.717) is 11.5 Å². The van der Waals surface area contributed by atoms with E-state index in [9.17, 15) is 0 Å². The van der Waals surface area contributed by atoms with Crippen LogP contribution in [0.15, 0.2) is 12.1 Å². The van der Waals surface area contributed by atoms with Crippen molar-refractivity contribution in [3.63, 3.8) is 0 Å². The van der Waals surface area contributed by atoms with Gasteiger partial charge in [0.05, 0.1) is 0 Å². The van der Waals surface area contributed by atoms with Crippen molar-refractivity contribution in [2.45, 2.75) is 38.6 Å². The third-order valence-electron chi connectivity index (χ3n) is 2.53. The van der Waals surface area contributed by atoms with Crippen LogP contribution in [0.5, 0.6) is 0 Å². The molecular weight excluding hydrogens is 178 g/mol. The largest absolute Gasteiger partial charge is 0.309 e. The summed E-state index contributed by atoms with van der Waals surface area (Å²) in [4.78, 5) is 3.01. The van der Waals surface area contributed by atoms with Gasteiger partial charge in [-0.05, 0) is 30.5 Å². The number of hydrogen-bond donors (Lipinski definition) is 1. The standard InChI is InChI=1S/C11H17NS/c1-11(2,3)10-5-4-9(13-10)8-6-7-12-8/h4-5,8,12H,6-7H2,1-3H3/t8-/m0/s1. The van der Waals surface area contributed by atoms with Gasteiger partial charge >= 0.3 is 0 Å². The Morgan fingerprint density at radius 1 is 1.38 bits per heavy atom. The Kier molecular flexibility index (Phi) is 2.20. The molecule has 1 aliphatic heterocycles. The first-order valence-electron chi connectivity index (χ1n) is 4.91. The summed E-state index contributed by atoms with van der Waals surface area (Å²) in [5, 5.41) is 3.44. The number of nitrogens with one attached hydrogen (secondary N) is 1. The van der Waals surface area contributed by atoms with E-state index >= 15 is 0 Å². The van der Waals surface area contributed by atoms with Gasteiger partial charge in [0.1, 0.15) is 0 Å². The molecule has 2 heterocycles. The second-order valence-electron chi connectivity index (χ2n) is 4.75. The van der Waals surface area contributed by atoms with Gasteiger partial charge in [0, 0.05) is 15.8 Å². The molecule has 2 heteroatoms. The zero-order chi connectivity index (χ0) is 9.47. The highest BCUT2D eigenvalue weighted by atomic mass is 32.1. The first-order chi connectivity index (χ1) is 6.07. The summed E-state index contributed by atoms with van der Waals surface area (Å²) in [6.45, 7) is 8.01. The van der Waals surface area contributed by atoms with E-state index in [2.05, 4.69) is 38.2 Å². The molecule has 1 fully saturated rings. The van der Waals surface area contributed by atoms with E-state index < -0.39 is 0 Å². The minimum atomic E-state index is 0.312. The van der Waals surface area contributed by atoms with Crippen molar-refractivity contribution in [2.24, 2.45) is 0 Å². The molecule has 0 aromatic carbocycles. The quantitative estimate of drug-likeness (QED) is 0.726. The molecule has 0 spiro atoms. The molecule has 72 valence electrons. The van der Waals surface area contributed by atoms with Crippen LogP contribution >= 0.6 is 11.3 Å². The van der Waals surface area contributed by atoms with E-state index in [1.54, 1.807) is 0 Å². The smallest absolute Gasteiger partial charge is 0.0427 e. The van der Waals surface area contributed by atoms with Gasteiger partial charge in [-0.3, -0.25) is 0 Å².